The third kappa shape index (κ3) is 2.80. The summed E-state index contributed by atoms with van der Waals surface area (Å²) in [5.74, 6) is 0. The molecule has 0 unspecified atom stereocenters. The van der Waals surface area contributed by atoms with E-state index in [0.29, 0.717) is 0 Å². The number of hydrogen-bond acceptors (Lipinski definition) is 2. The molecule has 0 bridgehead atoms. The van der Waals surface area contributed by atoms with E-state index in [1.807, 2.05) is 0 Å². The quantitative estimate of drug-likeness (QED) is 0.587. The molecule has 122 valence electrons. The van der Waals surface area contributed by atoms with E-state index in [-0.39, 0.29) is 5.41 Å². The highest BCUT2D eigenvalue weighted by Gasteiger charge is 2.44. The first-order chi connectivity index (χ1) is 11.2. The molecule has 23 heavy (non-hydrogen) atoms. The predicted molar refractivity (Wildman–Crippen MR) is 101 cm³/mol. The summed E-state index contributed by atoms with van der Waals surface area (Å²) in [5, 5.41) is 0. The van der Waals surface area contributed by atoms with E-state index in [1.54, 1.807) is 14.2 Å². The minimum atomic E-state index is -0.0828. The molecular weight excluding hydrogens is 420 g/mol. The molecule has 1 aliphatic rings. The van der Waals surface area contributed by atoms with Crippen LogP contribution in [0.3, 0.4) is 0 Å². The van der Waals surface area contributed by atoms with Crippen LogP contribution in [0.4, 0.5) is 0 Å². The van der Waals surface area contributed by atoms with Gasteiger partial charge in [0.05, 0.1) is 0 Å². The predicted octanol–water partition coefficient (Wildman–Crippen LogP) is 5.55. The highest BCUT2D eigenvalue weighted by Crippen LogP contribution is 2.56. The average molecular weight is 440 g/mol. The van der Waals surface area contributed by atoms with Crippen LogP contribution < -0.4 is 0 Å². The molecule has 0 aromatic heterocycles. The van der Waals surface area contributed by atoms with Crippen molar-refractivity contribution in [3.63, 3.8) is 0 Å². The minimum Gasteiger partial charge on any atom is -0.385 e. The van der Waals surface area contributed by atoms with Crippen molar-refractivity contribution in [3.05, 3.63) is 56.5 Å². The molecule has 0 atom stereocenters. The lowest BCUT2D eigenvalue weighted by Gasteiger charge is -2.33. The molecule has 3 rings (SSSR count). The Labute approximate surface area is 154 Å². The van der Waals surface area contributed by atoms with Crippen molar-refractivity contribution in [1.82, 2.24) is 0 Å². The zero-order valence-electron chi connectivity index (χ0n) is 13.4. The SMILES string of the molecule is COCCC1(CCOC)c2ccccc2-c2ccc(Br)c(Br)c21. The van der Waals surface area contributed by atoms with E-state index in [0.717, 1.165) is 35.0 Å². The highest BCUT2D eigenvalue weighted by molar-refractivity contribution is 9.13. The molecule has 2 nitrogen and oxygen atoms in total. The fraction of sp³-hybridized carbons (Fsp3) is 0.368. The largest absolute Gasteiger partial charge is 0.385 e. The summed E-state index contributed by atoms with van der Waals surface area (Å²) in [4.78, 5) is 0. The molecule has 0 saturated heterocycles. The average Bonchev–Trinajstić information content (AvgIpc) is 2.86. The number of hydrogen-bond donors (Lipinski definition) is 0. The summed E-state index contributed by atoms with van der Waals surface area (Å²) >= 11 is 7.49. The van der Waals surface area contributed by atoms with Gasteiger partial charge in [-0.05, 0) is 73.0 Å². The monoisotopic (exact) mass is 438 g/mol. The Bertz CT molecular complexity index is 705. The molecule has 0 amide bonds. The smallest absolute Gasteiger partial charge is 0.0474 e. The van der Waals surface area contributed by atoms with Gasteiger partial charge in [-0.2, -0.15) is 0 Å². The molecule has 0 spiro atoms. The van der Waals surface area contributed by atoms with E-state index < -0.39 is 0 Å². The fourth-order valence-electron chi connectivity index (χ4n) is 3.71. The Morgan fingerprint density at radius 3 is 2.17 bits per heavy atom. The van der Waals surface area contributed by atoms with Gasteiger partial charge in [0.2, 0.25) is 0 Å². The van der Waals surface area contributed by atoms with Gasteiger partial charge in [-0.3, -0.25) is 0 Å². The van der Waals surface area contributed by atoms with Gasteiger partial charge in [-0.25, -0.2) is 0 Å². The first-order valence-corrected chi connectivity index (χ1v) is 9.30. The van der Waals surface area contributed by atoms with Crippen LogP contribution in [-0.4, -0.2) is 27.4 Å². The Hall–Kier alpha value is -0.680. The zero-order valence-corrected chi connectivity index (χ0v) is 16.5. The molecule has 1 aliphatic carbocycles. The van der Waals surface area contributed by atoms with Crippen LogP contribution >= 0.6 is 31.9 Å². The normalized spacial score (nSPS) is 14.6. The number of rotatable bonds is 6. The number of halogens is 2. The molecule has 0 N–H and O–H groups in total. The Balaban J connectivity index is 2.26. The third-order valence-corrected chi connectivity index (χ3v) is 6.79. The lowest BCUT2D eigenvalue weighted by molar-refractivity contribution is 0.145. The molecule has 0 fully saturated rings. The van der Waals surface area contributed by atoms with Gasteiger partial charge in [-0.1, -0.05) is 30.3 Å². The maximum atomic E-state index is 5.44. The van der Waals surface area contributed by atoms with Gasteiger partial charge in [0.15, 0.2) is 0 Å². The standard InChI is InChI=1S/C19H20Br2O2/c1-22-11-9-19(10-12-23-2)15-6-4-3-5-13(15)14-7-8-16(20)18(21)17(14)19/h3-8H,9-12H2,1-2H3. The molecule has 0 aliphatic heterocycles. The van der Waals surface area contributed by atoms with Gasteiger partial charge in [0.25, 0.3) is 0 Å². The number of ether oxygens (including phenoxy) is 2. The van der Waals surface area contributed by atoms with Crippen LogP contribution in [0.2, 0.25) is 0 Å². The van der Waals surface area contributed by atoms with Gasteiger partial charge < -0.3 is 9.47 Å². The fourth-order valence-corrected chi connectivity index (χ4v) is 4.77. The van der Waals surface area contributed by atoms with E-state index in [9.17, 15) is 0 Å². The first kappa shape index (κ1) is 17.2. The second-order valence-corrected chi connectivity index (χ2v) is 7.54. The highest BCUT2D eigenvalue weighted by atomic mass is 79.9. The Kier molecular flexibility index (Phi) is 5.26. The van der Waals surface area contributed by atoms with Crippen LogP contribution in [0.25, 0.3) is 11.1 Å². The molecule has 2 aromatic rings. The molecular formula is C19H20Br2O2. The van der Waals surface area contributed by atoms with E-state index in [1.165, 1.54) is 22.3 Å². The first-order valence-electron chi connectivity index (χ1n) is 7.72. The summed E-state index contributed by atoms with van der Waals surface area (Å²) < 4.78 is 13.1. The second kappa shape index (κ2) is 7.06. The summed E-state index contributed by atoms with van der Waals surface area (Å²) in [6.07, 6.45) is 1.87. The Morgan fingerprint density at radius 1 is 0.870 bits per heavy atom. The molecule has 0 heterocycles. The maximum Gasteiger partial charge on any atom is 0.0474 e. The van der Waals surface area contributed by atoms with Crippen molar-refractivity contribution >= 4 is 31.9 Å². The van der Waals surface area contributed by atoms with Crippen molar-refractivity contribution in [2.45, 2.75) is 18.3 Å². The zero-order chi connectivity index (χ0) is 16.4. The molecule has 0 radical (unpaired) electrons. The minimum absolute atomic E-state index is 0.0828. The van der Waals surface area contributed by atoms with Crippen LogP contribution in [-0.2, 0) is 14.9 Å². The molecule has 0 saturated carbocycles. The van der Waals surface area contributed by atoms with Gasteiger partial charge in [0, 0.05) is 41.8 Å². The summed E-state index contributed by atoms with van der Waals surface area (Å²) in [7, 11) is 3.53. The van der Waals surface area contributed by atoms with Crippen LogP contribution in [0.5, 0.6) is 0 Å². The van der Waals surface area contributed by atoms with E-state index in [4.69, 9.17) is 9.47 Å². The van der Waals surface area contributed by atoms with Crippen molar-refractivity contribution in [2.24, 2.45) is 0 Å². The Morgan fingerprint density at radius 2 is 1.52 bits per heavy atom. The van der Waals surface area contributed by atoms with Crippen LogP contribution in [0.1, 0.15) is 24.0 Å². The third-order valence-electron chi connectivity index (χ3n) is 4.77. The number of methoxy groups -OCH3 is 2. The van der Waals surface area contributed by atoms with Crippen LogP contribution in [0.15, 0.2) is 45.3 Å². The van der Waals surface area contributed by atoms with Crippen LogP contribution in [0, 0.1) is 0 Å². The van der Waals surface area contributed by atoms with Crippen molar-refractivity contribution in [2.75, 3.05) is 27.4 Å². The van der Waals surface area contributed by atoms with E-state index >= 15 is 0 Å². The van der Waals surface area contributed by atoms with Gasteiger partial charge in [0.1, 0.15) is 0 Å². The van der Waals surface area contributed by atoms with E-state index in [2.05, 4.69) is 68.3 Å². The summed E-state index contributed by atoms with van der Waals surface area (Å²) in [6, 6.07) is 13.0. The lowest BCUT2D eigenvalue weighted by Crippen LogP contribution is -2.29. The molecule has 4 heteroatoms. The van der Waals surface area contributed by atoms with Gasteiger partial charge >= 0.3 is 0 Å². The summed E-state index contributed by atoms with van der Waals surface area (Å²) in [6.45, 7) is 1.44. The van der Waals surface area contributed by atoms with Gasteiger partial charge in [-0.15, -0.1) is 0 Å². The number of benzene rings is 2. The summed E-state index contributed by atoms with van der Waals surface area (Å²) in [5.41, 5.74) is 5.27. The van der Waals surface area contributed by atoms with Crippen molar-refractivity contribution < 1.29 is 9.47 Å². The van der Waals surface area contributed by atoms with Crippen molar-refractivity contribution in [3.8, 4) is 11.1 Å². The number of fused-ring (bicyclic) bond motifs is 3. The topological polar surface area (TPSA) is 18.5 Å². The second-order valence-electron chi connectivity index (χ2n) is 5.90. The lowest BCUT2D eigenvalue weighted by atomic mass is 9.73. The van der Waals surface area contributed by atoms with Crippen molar-refractivity contribution in [1.29, 1.82) is 0 Å². The maximum absolute atomic E-state index is 5.44. The molecule has 2 aromatic carbocycles.